The molecule has 0 saturated carbocycles. The van der Waals surface area contributed by atoms with Crippen molar-refractivity contribution in [2.75, 3.05) is 0 Å². The Morgan fingerprint density at radius 1 is 0.632 bits per heavy atom. The molecule has 0 fully saturated rings. The van der Waals surface area contributed by atoms with Crippen LogP contribution in [0.25, 0.3) is 0 Å². The molecule has 0 heteroatoms. The second-order valence-electron chi connectivity index (χ2n) is 5.21. The van der Waals surface area contributed by atoms with E-state index < -0.39 is 0 Å². The van der Waals surface area contributed by atoms with Gasteiger partial charge < -0.3 is 0 Å². The summed E-state index contributed by atoms with van der Waals surface area (Å²) >= 11 is 0. The molecule has 0 N–H and O–H groups in total. The van der Waals surface area contributed by atoms with Gasteiger partial charge in [-0.3, -0.25) is 0 Å². The van der Waals surface area contributed by atoms with E-state index in [9.17, 15) is 0 Å². The van der Waals surface area contributed by atoms with Crippen LogP contribution in [0, 0.1) is 0 Å². The van der Waals surface area contributed by atoms with Crippen molar-refractivity contribution in [1.29, 1.82) is 0 Å². The van der Waals surface area contributed by atoms with Crippen LogP contribution in [0.15, 0.2) is 54.6 Å². The quantitative estimate of drug-likeness (QED) is 0.594. The van der Waals surface area contributed by atoms with Crippen LogP contribution in [0.5, 0.6) is 0 Å². The maximum absolute atomic E-state index is 2.30. The van der Waals surface area contributed by atoms with Crippen LogP contribution in [0.3, 0.4) is 0 Å². The van der Waals surface area contributed by atoms with Crippen LogP contribution in [-0.4, -0.2) is 0 Å². The highest BCUT2D eigenvalue weighted by molar-refractivity contribution is 5.27. The Balaban J connectivity index is 1.79. The summed E-state index contributed by atoms with van der Waals surface area (Å²) in [5, 5.41) is 0. The zero-order valence-corrected chi connectivity index (χ0v) is 11.9. The number of hydrogen-bond donors (Lipinski definition) is 0. The zero-order chi connectivity index (χ0) is 13.3. The summed E-state index contributed by atoms with van der Waals surface area (Å²) in [4.78, 5) is 0. The first-order valence-electron chi connectivity index (χ1n) is 7.51. The van der Waals surface area contributed by atoms with E-state index in [0.29, 0.717) is 0 Å². The highest BCUT2D eigenvalue weighted by Crippen LogP contribution is 2.15. The van der Waals surface area contributed by atoms with Gasteiger partial charge in [0, 0.05) is 0 Å². The van der Waals surface area contributed by atoms with E-state index in [1.54, 1.807) is 11.1 Å². The summed E-state index contributed by atoms with van der Waals surface area (Å²) in [5.74, 6) is 0. The fourth-order valence-electron chi connectivity index (χ4n) is 2.60. The number of hydrogen-bond acceptors (Lipinski definition) is 0. The lowest BCUT2D eigenvalue weighted by Crippen LogP contribution is -1.95. The van der Waals surface area contributed by atoms with Crippen molar-refractivity contribution in [2.24, 2.45) is 0 Å². The summed E-state index contributed by atoms with van der Waals surface area (Å²) < 4.78 is 0. The monoisotopic (exact) mass is 252 g/mol. The van der Waals surface area contributed by atoms with Gasteiger partial charge in [-0.05, 0) is 48.8 Å². The Kier molecular flexibility index (Phi) is 5.68. The lowest BCUT2D eigenvalue weighted by Gasteiger charge is -2.08. The largest absolute Gasteiger partial charge is 0.0651 e. The molecule has 0 nitrogen and oxygen atoms in total. The summed E-state index contributed by atoms with van der Waals surface area (Å²) in [6.45, 7) is 2.26. The van der Waals surface area contributed by atoms with Gasteiger partial charge in [0.15, 0.2) is 0 Å². The highest BCUT2D eigenvalue weighted by Gasteiger charge is 2.01. The van der Waals surface area contributed by atoms with Gasteiger partial charge in [0.05, 0.1) is 0 Å². The van der Waals surface area contributed by atoms with E-state index in [1.807, 2.05) is 0 Å². The third-order valence-electron chi connectivity index (χ3n) is 3.64. The Hall–Kier alpha value is -1.56. The van der Waals surface area contributed by atoms with Gasteiger partial charge in [0.1, 0.15) is 0 Å². The standard InChI is InChI=1S/C19H24/c1-2-10-18-14-8-9-16-19(18)15-7-6-13-17-11-4-3-5-12-17/h3-5,8-9,11-12,14,16H,2,6-7,10,13,15H2,1H3. The molecule has 19 heavy (non-hydrogen) atoms. The summed E-state index contributed by atoms with van der Waals surface area (Å²) in [6, 6.07) is 19.7. The summed E-state index contributed by atoms with van der Waals surface area (Å²) in [5.41, 5.74) is 4.56. The number of unbranched alkanes of at least 4 members (excludes halogenated alkanes) is 1. The number of aryl methyl sites for hydroxylation is 3. The van der Waals surface area contributed by atoms with Crippen molar-refractivity contribution >= 4 is 0 Å². The van der Waals surface area contributed by atoms with E-state index in [0.717, 1.165) is 0 Å². The van der Waals surface area contributed by atoms with Crippen LogP contribution < -0.4 is 0 Å². The second-order valence-corrected chi connectivity index (χ2v) is 5.21. The normalized spacial score (nSPS) is 10.6. The molecule has 2 rings (SSSR count). The van der Waals surface area contributed by atoms with Crippen molar-refractivity contribution in [3.8, 4) is 0 Å². The molecule has 100 valence electrons. The molecule has 0 aliphatic heterocycles. The topological polar surface area (TPSA) is 0 Å². The van der Waals surface area contributed by atoms with Gasteiger partial charge in [-0.2, -0.15) is 0 Å². The fraction of sp³-hybridized carbons (Fsp3) is 0.368. The molecular weight excluding hydrogens is 228 g/mol. The lowest BCUT2D eigenvalue weighted by atomic mass is 9.97. The maximum Gasteiger partial charge on any atom is -0.0276 e. The zero-order valence-electron chi connectivity index (χ0n) is 11.9. The molecule has 0 amide bonds. The minimum absolute atomic E-state index is 1.21. The minimum Gasteiger partial charge on any atom is -0.0651 e. The van der Waals surface area contributed by atoms with E-state index in [2.05, 4.69) is 61.5 Å². The number of benzene rings is 2. The van der Waals surface area contributed by atoms with Crippen molar-refractivity contribution < 1.29 is 0 Å². The molecule has 2 aromatic rings. The lowest BCUT2D eigenvalue weighted by molar-refractivity contribution is 0.727. The molecule has 0 aliphatic carbocycles. The molecule has 0 heterocycles. The van der Waals surface area contributed by atoms with Gasteiger partial charge in [-0.25, -0.2) is 0 Å². The van der Waals surface area contributed by atoms with Gasteiger partial charge in [0.2, 0.25) is 0 Å². The van der Waals surface area contributed by atoms with Gasteiger partial charge >= 0.3 is 0 Å². The van der Waals surface area contributed by atoms with Gasteiger partial charge in [-0.15, -0.1) is 0 Å². The fourth-order valence-corrected chi connectivity index (χ4v) is 2.60. The van der Waals surface area contributed by atoms with Crippen LogP contribution in [0.2, 0.25) is 0 Å². The first kappa shape index (κ1) is 13.9. The van der Waals surface area contributed by atoms with E-state index in [4.69, 9.17) is 0 Å². The predicted molar refractivity (Wildman–Crippen MR) is 83.5 cm³/mol. The highest BCUT2D eigenvalue weighted by atomic mass is 14.1. The molecule has 0 atom stereocenters. The van der Waals surface area contributed by atoms with Gasteiger partial charge in [0.25, 0.3) is 0 Å². The Morgan fingerprint density at radius 3 is 1.89 bits per heavy atom. The van der Waals surface area contributed by atoms with Gasteiger partial charge in [-0.1, -0.05) is 67.9 Å². The average molecular weight is 252 g/mol. The third-order valence-corrected chi connectivity index (χ3v) is 3.64. The van der Waals surface area contributed by atoms with Crippen LogP contribution in [0.4, 0.5) is 0 Å². The van der Waals surface area contributed by atoms with Crippen LogP contribution in [-0.2, 0) is 19.3 Å². The number of rotatable bonds is 7. The third kappa shape index (κ3) is 4.55. The average Bonchev–Trinajstić information content (AvgIpc) is 2.47. The molecular formula is C19H24. The Labute approximate surface area is 117 Å². The van der Waals surface area contributed by atoms with Crippen molar-refractivity contribution in [1.82, 2.24) is 0 Å². The summed E-state index contributed by atoms with van der Waals surface area (Å²) in [6.07, 6.45) is 7.45. The molecule has 0 bridgehead atoms. The molecule has 0 spiro atoms. The van der Waals surface area contributed by atoms with Crippen molar-refractivity contribution in [3.63, 3.8) is 0 Å². The Morgan fingerprint density at radius 2 is 1.21 bits per heavy atom. The van der Waals surface area contributed by atoms with Crippen molar-refractivity contribution in [3.05, 3.63) is 71.3 Å². The minimum atomic E-state index is 1.21. The van der Waals surface area contributed by atoms with E-state index >= 15 is 0 Å². The smallest absolute Gasteiger partial charge is 0.0276 e. The molecule has 0 aliphatic rings. The van der Waals surface area contributed by atoms with Crippen LogP contribution >= 0.6 is 0 Å². The molecule has 0 unspecified atom stereocenters. The maximum atomic E-state index is 2.30. The molecule has 0 radical (unpaired) electrons. The van der Waals surface area contributed by atoms with Crippen LogP contribution in [0.1, 0.15) is 42.9 Å². The Bertz CT molecular complexity index is 470. The SMILES string of the molecule is CCCc1ccccc1CCCCc1ccccc1. The predicted octanol–water partition coefficient (Wildman–Crippen LogP) is 5.20. The second kappa shape index (κ2) is 7.78. The molecule has 0 saturated heterocycles. The van der Waals surface area contributed by atoms with E-state index in [1.165, 1.54) is 44.1 Å². The van der Waals surface area contributed by atoms with Crippen molar-refractivity contribution in [2.45, 2.75) is 45.4 Å². The first-order valence-corrected chi connectivity index (χ1v) is 7.51. The van der Waals surface area contributed by atoms with E-state index in [-0.39, 0.29) is 0 Å². The summed E-state index contributed by atoms with van der Waals surface area (Å²) in [7, 11) is 0. The molecule has 2 aromatic carbocycles. The first-order chi connectivity index (χ1) is 9.40. The molecule has 0 aromatic heterocycles.